The number of benzene rings is 1. The van der Waals surface area contributed by atoms with Crippen LogP contribution in [0, 0.1) is 0 Å². The lowest BCUT2D eigenvalue weighted by Gasteiger charge is -2.10. The zero-order valence-corrected chi connectivity index (χ0v) is 12.4. The minimum Gasteiger partial charge on any atom is -0.369 e. The van der Waals surface area contributed by atoms with E-state index < -0.39 is 0 Å². The summed E-state index contributed by atoms with van der Waals surface area (Å²) in [6.45, 7) is 0.254. The first-order chi connectivity index (χ1) is 9.99. The van der Waals surface area contributed by atoms with Crippen molar-refractivity contribution in [1.82, 2.24) is 14.0 Å². The Bertz CT molecular complexity index is 757. The van der Waals surface area contributed by atoms with Crippen molar-refractivity contribution in [3.8, 4) is 0 Å². The quantitative estimate of drug-likeness (QED) is 0.617. The molecule has 2 rings (SSSR count). The minimum absolute atomic E-state index is 0.254. The highest BCUT2D eigenvalue weighted by Crippen LogP contribution is 2.04. The molecule has 21 heavy (non-hydrogen) atoms. The van der Waals surface area contributed by atoms with Gasteiger partial charge in [-0.15, -0.1) is 0 Å². The summed E-state index contributed by atoms with van der Waals surface area (Å²) in [5, 5.41) is 0. The summed E-state index contributed by atoms with van der Waals surface area (Å²) >= 11 is 0. The molecule has 2 aromatic rings. The number of rotatable bonds is 4. The van der Waals surface area contributed by atoms with Gasteiger partial charge in [0.1, 0.15) is 5.82 Å². The van der Waals surface area contributed by atoms with E-state index in [9.17, 15) is 9.59 Å². The van der Waals surface area contributed by atoms with Crippen LogP contribution in [0.5, 0.6) is 0 Å². The fourth-order valence-corrected chi connectivity index (χ4v) is 1.87. The smallest absolute Gasteiger partial charge is 0.332 e. The second kappa shape index (κ2) is 6.21. The minimum atomic E-state index is -0.378. The highest BCUT2D eigenvalue weighted by Gasteiger charge is 2.08. The topological polar surface area (TPSA) is 59.6 Å². The predicted octanol–water partition coefficient (Wildman–Crippen LogP) is 0.817. The molecule has 0 aliphatic heterocycles. The summed E-state index contributed by atoms with van der Waals surface area (Å²) in [7, 11) is 5.24. The molecular weight excluding hydrogens is 268 g/mol. The molecule has 110 valence electrons. The molecule has 0 N–H and O–H groups in total. The highest BCUT2D eigenvalue weighted by atomic mass is 16.2. The Morgan fingerprint density at radius 2 is 1.86 bits per heavy atom. The first-order valence-corrected chi connectivity index (χ1v) is 6.54. The lowest BCUT2D eigenvalue weighted by Crippen LogP contribution is -2.38. The van der Waals surface area contributed by atoms with Crippen molar-refractivity contribution in [2.45, 2.75) is 6.54 Å². The largest absolute Gasteiger partial charge is 0.369 e. The van der Waals surface area contributed by atoms with Gasteiger partial charge in [-0.3, -0.25) is 13.9 Å². The van der Waals surface area contributed by atoms with Crippen molar-refractivity contribution in [3.05, 3.63) is 62.8 Å². The summed E-state index contributed by atoms with van der Waals surface area (Å²) in [6.07, 6.45) is 1.55. The van der Waals surface area contributed by atoms with Crippen LogP contribution in [0.15, 0.2) is 51.0 Å². The maximum atomic E-state index is 12.3. The van der Waals surface area contributed by atoms with Crippen molar-refractivity contribution in [3.63, 3.8) is 0 Å². The first kappa shape index (κ1) is 14.8. The van der Waals surface area contributed by atoms with Crippen LogP contribution >= 0.6 is 0 Å². The van der Waals surface area contributed by atoms with E-state index in [0.717, 1.165) is 5.56 Å². The molecule has 0 bridgehead atoms. The fraction of sp³-hybridized carbons (Fsp3) is 0.267. The number of hydrogen-bond donors (Lipinski definition) is 0. The van der Waals surface area contributed by atoms with Gasteiger partial charge in [-0.25, -0.2) is 9.79 Å². The molecule has 1 heterocycles. The third-order valence-electron chi connectivity index (χ3n) is 2.98. The van der Waals surface area contributed by atoms with E-state index in [0.29, 0.717) is 5.82 Å². The van der Waals surface area contributed by atoms with Gasteiger partial charge in [0.15, 0.2) is 0 Å². The molecule has 0 aliphatic carbocycles. The molecular formula is C15H18N4O2. The van der Waals surface area contributed by atoms with Gasteiger partial charge in [-0.05, 0) is 5.56 Å². The third-order valence-corrected chi connectivity index (χ3v) is 2.98. The van der Waals surface area contributed by atoms with Crippen LogP contribution in [0.3, 0.4) is 0 Å². The standard InChI is InChI=1S/C15H18N4O2/c1-17(2)11-16-13-9-14(20)19(15(21)18(13)3)10-12-7-5-4-6-8-12/h4-9,11H,10H2,1-3H3. The molecule has 1 aromatic heterocycles. The van der Waals surface area contributed by atoms with E-state index in [1.807, 2.05) is 44.4 Å². The number of hydrogen-bond acceptors (Lipinski definition) is 3. The van der Waals surface area contributed by atoms with Crippen LogP contribution in [0.25, 0.3) is 0 Å². The highest BCUT2D eigenvalue weighted by molar-refractivity contribution is 5.58. The summed E-state index contributed by atoms with van der Waals surface area (Å²) in [4.78, 5) is 30.3. The Balaban J connectivity index is 2.44. The Morgan fingerprint density at radius 3 is 2.48 bits per heavy atom. The second-order valence-electron chi connectivity index (χ2n) is 4.96. The molecule has 0 saturated heterocycles. The Kier molecular flexibility index (Phi) is 4.37. The molecule has 0 fully saturated rings. The number of aliphatic imine (C=N–C) groups is 1. The summed E-state index contributed by atoms with van der Waals surface area (Å²) in [6, 6.07) is 10.8. The van der Waals surface area contributed by atoms with Gasteiger partial charge in [-0.1, -0.05) is 30.3 Å². The summed E-state index contributed by atoms with van der Waals surface area (Å²) < 4.78 is 2.56. The van der Waals surface area contributed by atoms with E-state index in [1.165, 1.54) is 15.2 Å². The van der Waals surface area contributed by atoms with Crippen LogP contribution in [-0.4, -0.2) is 34.5 Å². The molecule has 0 saturated carbocycles. The van der Waals surface area contributed by atoms with Gasteiger partial charge in [0, 0.05) is 27.2 Å². The Labute approximate surface area is 122 Å². The molecule has 0 spiro atoms. The van der Waals surface area contributed by atoms with Crippen LogP contribution in [-0.2, 0) is 13.6 Å². The maximum Gasteiger partial charge on any atom is 0.332 e. The molecule has 6 nitrogen and oxygen atoms in total. The van der Waals surface area contributed by atoms with Crippen LogP contribution in [0.1, 0.15) is 5.56 Å². The summed E-state index contributed by atoms with van der Waals surface area (Å²) in [5.41, 5.74) is 0.173. The van der Waals surface area contributed by atoms with Gasteiger partial charge in [-0.2, -0.15) is 0 Å². The van der Waals surface area contributed by atoms with Crippen molar-refractivity contribution < 1.29 is 0 Å². The van der Waals surface area contributed by atoms with Gasteiger partial charge < -0.3 is 4.90 Å². The molecule has 0 atom stereocenters. The van der Waals surface area contributed by atoms with Crippen molar-refractivity contribution in [2.75, 3.05) is 14.1 Å². The zero-order valence-electron chi connectivity index (χ0n) is 12.4. The lowest BCUT2D eigenvalue weighted by molar-refractivity contribution is 0.631. The van der Waals surface area contributed by atoms with E-state index in [2.05, 4.69) is 4.99 Å². The molecule has 0 radical (unpaired) electrons. The number of aromatic nitrogens is 2. The molecule has 0 unspecified atom stereocenters. The second-order valence-corrected chi connectivity index (χ2v) is 4.96. The Hall–Kier alpha value is -2.63. The zero-order chi connectivity index (χ0) is 15.4. The molecule has 1 aromatic carbocycles. The van der Waals surface area contributed by atoms with E-state index in [4.69, 9.17) is 0 Å². The molecule has 0 aliphatic rings. The summed E-state index contributed by atoms with van der Waals surface area (Å²) in [5.74, 6) is 0.336. The van der Waals surface area contributed by atoms with E-state index in [1.54, 1.807) is 18.3 Å². The van der Waals surface area contributed by atoms with Crippen molar-refractivity contribution in [2.24, 2.45) is 12.0 Å². The normalized spacial score (nSPS) is 11.0. The Morgan fingerprint density at radius 1 is 1.19 bits per heavy atom. The third kappa shape index (κ3) is 3.47. The predicted molar refractivity (Wildman–Crippen MR) is 83.3 cm³/mol. The van der Waals surface area contributed by atoms with Crippen molar-refractivity contribution >= 4 is 12.2 Å². The van der Waals surface area contributed by atoms with Gasteiger partial charge in [0.25, 0.3) is 5.56 Å². The van der Waals surface area contributed by atoms with E-state index >= 15 is 0 Å². The lowest BCUT2D eigenvalue weighted by atomic mass is 10.2. The maximum absolute atomic E-state index is 12.3. The first-order valence-electron chi connectivity index (χ1n) is 6.54. The van der Waals surface area contributed by atoms with Gasteiger partial charge >= 0.3 is 5.69 Å². The number of nitrogens with zero attached hydrogens (tertiary/aromatic N) is 4. The van der Waals surface area contributed by atoms with Crippen LogP contribution in [0.2, 0.25) is 0 Å². The van der Waals surface area contributed by atoms with Crippen LogP contribution < -0.4 is 11.2 Å². The molecule has 6 heteroatoms. The average molecular weight is 286 g/mol. The molecule has 0 amide bonds. The van der Waals surface area contributed by atoms with E-state index in [-0.39, 0.29) is 17.8 Å². The fourth-order valence-electron chi connectivity index (χ4n) is 1.87. The average Bonchev–Trinajstić information content (AvgIpc) is 2.47. The SMILES string of the molecule is CN(C)C=Nc1cc(=O)n(Cc2ccccc2)c(=O)n1C. The van der Waals surface area contributed by atoms with Gasteiger partial charge in [0.2, 0.25) is 0 Å². The van der Waals surface area contributed by atoms with Crippen molar-refractivity contribution in [1.29, 1.82) is 0 Å². The monoisotopic (exact) mass is 286 g/mol. The van der Waals surface area contributed by atoms with Crippen LogP contribution in [0.4, 0.5) is 5.82 Å². The van der Waals surface area contributed by atoms with Gasteiger partial charge in [0.05, 0.1) is 12.9 Å².